The molecule has 10 rings (SSSR count). The van der Waals surface area contributed by atoms with Gasteiger partial charge in [-0.3, -0.25) is 14.8 Å². The third kappa shape index (κ3) is 7.71. The number of anilines is 2. The van der Waals surface area contributed by atoms with Crippen LogP contribution in [-0.2, 0) is 39.4 Å². The molecule has 0 saturated heterocycles. The molecule has 5 aromatic heterocycles. The first-order valence-electron chi connectivity index (χ1n) is 22.8. The second kappa shape index (κ2) is 16.6. The molecule has 2 aliphatic heterocycles. The van der Waals surface area contributed by atoms with Gasteiger partial charge in [0.1, 0.15) is 17.5 Å². The van der Waals surface area contributed by atoms with E-state index in [1.165, 1.54) is 10.3 Å². The number of aromatic nitrogens is 8. The number of nitrogens with zero attached hydrogens (tertiary/aromatic N) is 10. The van der Waals surface area contributed by atoms with Gasteiger partial charge in [0.25, 0.3) is 5.91 Å². The highest BCUT2D eigenvalue weighted by Gasteiger charge is 2.46. The molecule has 0 bridgehead atoms. The zero-order chi connectivity index (χ0) is 46.2. The number of carbonyl (C=O) groups excluding carboxylic acids is 1. The summed E-state index contributed by atoms with van der Waals surface area (Å²) < 4.78 is 46.5. The lowest BCUT2D eigenvalue weighted by atomic mass is 9.98. The Morgan fingerprint density at radius 1 is 0.727 bits per heavy atom. The summed E-state index contributed by atoms with van der Waals surface area (Å²) in [6, 6.07) is 24.0. The molecular weight excluding hydrogens is 840 g/mol. The minimum atomic E-state index is -4.51. The van der Waals surface area contributed by atoms with Gasteiger partial charge in [-0.1, -0.05) is 27.7 Å². The lowest BCUT2D eigenvalue weighted by molar-refractivity contribution is -0.140. The number of nitrogens with one attached hydrogen (secondary N) is 1. The van der Waals surface area contributed by atoms with E-state index in [1.54, 1.807) is 14.1 Å². The van der Waals surface area contributed by atoms with Gasteiger partial charge in [-0.25, -0.2) is 15.0 Å². The summed E-state index contributed by atoms with van der Waals surface area (Å²) in [7, 11) is 3.23. The van der Waals surface area contributed by atoms with Crippen LogP contribution in [0.3, 0.4) is 0 Å². The molecule has 2 aromatic carbocycles. The van der Waals surface area contributed by atoms with Gasteiger partial charge in [0.05, 0.1) is 47.3 Å². The van der Waals surface area contributed by atoms with Crippen molar-refractivity contribution in [3.8, 4) is 33.9 Å². The van der Waals surface area contributed by atoms with Gasteiger partial charge >= 0.3 is 6.18 Å². The second-order valence-corrected chi connectivity index (χ2v) is 18.5. The van der Waals surface area contributed by atoms with Crippen LogP contribution < -0.4 is 15.1 Å². The quantitative estimate of drug-likeness (QED) is 0.144. The van der Waals surface area contributed by atoms with E-state index in [9.17, 15) is 18.0 Å². The van der Waals surface area contributed by atoms with Crippen molar-refractivity contribution in [1.82, 2.24) is 43.9 Å². The first kappa shape index (κ1) is 43.1. The summed E-state index contributed by atoms with van der Waals surface area (Å²) in [5.41, 5.74) is 11.8. The maximum atomic E-state index is 13.5. The summed E-state index contributed by atoms with van der Waals surface area (Å²) >= 11 is 0. The maximum Gasteiger partial charge on any atom is 0.434 e. The molecule has 1 amide bonds. The number of imidazole rings is 3. The first-order valence-corrected chi connectivity index (χ1v) is 22.8. The van der Waals surface area contributed by atoms with Crippen LogP contribution in [0.4, 0.5) is 24.5 Å². The fourth-order valence-corrected chi connectivity index (χ4v) is 9.98. The summed E-state index contributed by atoms with van der Waals surface area (Å²) in [5.74, 6) is 3.02. The van der Waals surface area contributed by atoms with Gasteiger partial charge in [-0.15, -0.1) is 0 Å². The number of hydrogen-bond acceptors (Lipinski definition) is 8. The highest BCUT2D eigenvalue weighted by atomic mass is 19.4. The number of halogens is 3. The van der Waals surface area contributed by atoms with E-state index in [0.717, 1.165) is 107 Å². The molecule has 1 fully saturated rings. The number of amides is 1. The monoisotopic (exact) mass is 893 g/mol. The third-order valence-corrected chi connectivity index (χ3v) is 13.5. The van der Waals surface area contributed by atoms with Gasteiger partial charge in [0, 0.05) is 104 Å². The van der Waals surface area contributed by atoms with E-state index in [-0.39, 0.29) is 35.4 Å². The smallest absolute Gasteiger partial charge is 0.364 e. The van der Waals surface area contributed by atoms with E-state index in [0.29, 0.717) is 24.2 Å². The van der Waals surface area contributed by atoms with Crippen molar-refractivity contribution in [1.29, 1.82) is 0 Å². The fraction of sp³-hybridized carbons (Fsp3) is 0.373. The predicted octanol–water partition coefficient (Wildman–Crippen LogP) is 9.85. The molecule has 0 spiro atoms. The number of alkyl halides is 3. The van der Waals surface area contributed by atoms with Crippen molar-refractivity contribution in [2.75, 3.05) is 29.9 Å². The molecule has 12 nitrogen and oxygen atoms in total. The van der Waals surface area contributed by atoms with Crippen LogP contribution in [-0.4, -0.2) is 64.7 Å². The second-order valence-electron chi connectivity index (χ2n) is 18.5. The van der Waals surface area contributed by atoms with Crippen LogP contribution in [0.1, 0.15) is 114 Å². The number of benzene rings is 2. The topological polar surface area (TPSA) is 115 Å². The Morgan fingerprint density at radius 3 is 1.98 bits per heavy atom. The molecule has 1 N–H and O–H groups in total. The molecule has 1 unspecified atom stereocenters. The number of rotatable bonds is 10. The zero-order valence-electron chi connectivity index (χ0n) is 38.4. The van der Waals surface area contributed by atoms with Gasteiger partial charge in [0.2, 0.25) is 0 Å². The maximum absolute atomic E-state index is 13.5. The SMILES string of the molecule is CNC(=O)c1ccc(N2CCn3c(C)nc(-c4ccc(C5C[C@@H]5c5nc(-c6cccnc6C(C)C)c6n5CCN(c5ccc(-c7nc(C(F)(F)F)cn7C)cc5)C6)nc4C(C)C)c3C2)cc1. The fourth-order valence-electron chi connectivity index (χ4n) is 9.98. The van der Waals surface area contributed by atoms with Crippen molar-refractivity contribution in [2.24, 2.45) is 7.05 Å². The summed E-state index contributed by atoms with van der Waals surface area (Å²) in [6.07, 6.45) is -0.690. The molecule has 340 valence electrons. The number of fused-ring (bicyclic) bond motifs is 2. The molecule has 1 saturated carbocycles. The molecule has 2 atom stereocenters. The van der Waals surface area contributed by atoms with E-state index < -0.39 is 11.9 Å². The Bertz CT molecular complexity index is 2960. The molecule has 7 aromatic rings. The number of aryl methyl sites for hydroxylation is 2. The molecule has 7 heterocycles. The largest absolute Gasteiger partial charge is 0.434 e. The first-order chi connectivity index (χ1) is 31.7. The van der Waals surface area contributed by atoms with E-state index in [4.69, 9.17) is 19.9 Å². The standard InChI is InChI=1S/C51H54F3N11O/c1-29(2)44-36(9-8-20-56-44)47-42-27-63(34-14-10-32(11-15-34)48-59-43(28-61(48)7)51(52,53)54)22-24-65(42)49(60-47)39-25-38(39)40-19-18-37(45(58-40)30(3)4)46-41-26-62(21-23-64(41)31(5)57-46)35-16-12-33(13-17-35)50(66)55-6/h8-20,28-30,38-39H,21-27H2,1-7H3,(H,55,66)/t38?,39-/m0/s1. The Morgan fingerprint density at radius 2 is 1.35 bits per heavy atom. The van der Waals surface area contributed by atoms with Gasteiger partial charge in [-0.05, 0) is 98.0 Å². The highest BCUT2D eigenvalue weighted by molar-refractivity contribution is 5.94. The number of pyridine rings is 2. The minimum Gasteiger partial charge on any atom is -0.364 e. The summed E-state index contributed by atoms with van der Waals surface area (Å²) in [4.78, 5) is 41.7. The molecule has 0 radical (unpaired) electrons. The Hall–Kier alpha value is -6.77. The van der Waals surface area contributed by atoms with Crippen molar-refractivity contribution in [3.05, 3.63) is 137 Å². The van der Waals surface area contributed by atoms with Crippen molar-refractivity contribution < 1.29 is 18.0 Å². The molecular formula is C51H54F3N11O. The highest BCUT2D eigenvalue weighted by Crippen LogP contribution is 2.55. The molecule has 66 heavy (non-hydrogen) atoms. The Labute approximate surface area is 382 Å². The predicted molar refractivity (Wildman–Crippen MR) is 250 cm³/mol. The van der Waals surface area contributed by atoms with Crippen LogP contribution in [0.25, 0.3) is 33.9 Å². The summed E-state index contributed by atoms with van der Waals surface area (Å²) in [5, 5.41) is 2.70. The van der Waals surface area contributed by atoms with Crippen LogP contribution in [0, 0.1) is 6.92 Å². The van der Waals surface area contributed by atoms with Crippen LogP contribution >= 0.6 is 0 Å². The molecule has 15 heteroatoms. The van der Waals surface area contributed by atoms with E-state index in [2.05, 4.69) is 82.1 Å². The van der Waals surface area contributed by atoms with Gasteiger partial charge in [-0.2, -0.15) is 13.2 Å². The molecule has 1 aliphatic carbocycles. The third-order valence-electron chi connectivity index (χ3n) is 13.5. The van der Waals surface area contributed by atoms with Crippen molar-refractivity contribution >= 4 is 17.3 Å². The van der Waals surface area contributed by atoms with E-state index >= 15 is 0 Å². The van der Waals surface area contributed by atoms with Gasteiger partial charge < -0.3 is 28.8 Å². The zero-order valence-corrected chi connectivity index (χ0v) is 38.4. The average Bonchev–Trinajstić information content (AvgIpc) is 3.70. The number of hydrogen-bond donors (Lipinski definition) is 1. The lowest BCUT2D eigenvalue weighted by Crippen LogP contribution is -2.34. The van der Waals surface area contributed by atoms with Gasteiger partial charge in [0.15, 0.2) is 5.69 Å². The lowest BCUT2D eigenvalue weighted by Gasteiger charge is -2.31. The van der Waals surface area contributed by atoms with Crippen molar-refractivity contribution in [2.45, 2.75) is 97.1 Å². The Balaban J connectivity index is 0.941. The average molecular weight is 894 g/mol. The Kier molecular flexibility index (Phi) is 10.8. The van der Waals surface area contributed by atoms with Crippen molar-refractivity contribution in [3.63, 3.8) is 0 Å². The minimum absolute atomic E-state index is 0.0990. The summed E-state index contributed by atoms with van der Waals surface area (Å²) in [6.45, 7) is 15.3. The van der Waals surface area contributed by atoms with E-state index in [1.807, 2.05) is 60.8 Å². The normalized spacial score (nSPS) is 17.1. The van der Waals surface area contributed by atoms with Crippen LogP contribution in [0.2, 0.25) is 0 Å². The van der Waals surface area contributed by atoms with Crippen LogP contribution in [0.5, 0.6) is 0 Å². The van der Waals surface area contributed by atoms with Crippen LogP contribution in [0.15, 0.2) is 85.2 Å². The number of carbonyl (C=O) groups is 1. The molecule has 3 aliphatic rings.